The van der Waals surface area contributed by atoms with Crippen LogP contribution in [-0.2, 0) is 12.6 Å². The van der Waals surface area contributed by atoms with Gasteiger partial charge in [0.1, 0.15) is 0 Å². The van der Waals surface area contributed by atoms with Gasteiger partial charge in [0.2, 0.25) is 0 Å². The topological polar surface area (TPSA) is 0 Å². The molecule has 0 aliphatic heterocycles. The zero-order valence-electron chi connectivity index (χ0n) is 8.41. The molecule has 0 unspecified atom stereocenters. The van der Waals surface area contributed by atoms with Crippen LogP contribution >= 0.6 is 15.9 Å². The van der Waals surface area contributed by atoms with Gasteiger partial charge in [-0.25, -0.2) is 0 Å². The van der Waals surface area contributed by atoms with Crippen molar-refractivity contribution >= 4 is 28.6 Å². The van der Waals surface area contributed by atoms with E-state index in [4.69, 9.17) is 12.6 Å². The molecular weight excluding hydrogens is 279 g/mol. The zero-order chi connectivity index (χ0) is 9.97. The minimum atomic E-state index is 0. The minimum Gasteiger partial charge on any atom is -0.779 e. The maximum atomic E-state index is 5.27. The second-order valence-corrected chi connectivity index (χ2v) is 4.36. The quantitative estimate of drug-likeness (QED) is 0.557. The monoisotopic (exact) mass is 286 g/mol. The Morgan fingerprint density at radius 2 is 1.60 bits per heavy atom. The van der Waals surface area contributed by atoms with Gasteiger partial charge in [0, 0.05) is 4.47 Å². The largest absolute Gasteiger partial charge is 1.00 e. The number of hydrogen-bond donors (Lipinski definition) is 0. The summed E-state index contributed by atoms with van der Waals surface area (Å²) in [5.74, 6) is 0. The second kappa shape index (κ2) is 6.02. The van der Waals surface area contributed by atoms with E-state index in [1.54, 1.807) is 0 Å². The number of hydrogen-bond acceptors (Lipinski definition) is 1. The molecule has 0 spiro atoms. The minimum absolute atomic E-state index is 0. The summed E-state index contributed by atoms with van der Waals surface area (Å²) in [5.41, 5.74) is 2.27. The first-order valence-corrected chi connectivity index (χ1v) is 5.49. The summed E-state index contributed by atoms with van der Waals surface area (Å²) in [4.78, 5) is 0.888. The third-order valence-electron chi connectivity index (χ3n) is 2.03. The van der Waals surface area contributed by atoms with Gasteiger partial charge in [0.15, 0.2) is 0 Å². The molecule has 70 valence electrons. The summed E-state index contributed by atoms with van der Waals surface area (Å²) in [6.45, 7) is 0. The van der Waals surface area contributed by atoms with Crippen molar-refractivity contribution < 1.29 is 29.6 Å². The van der Waals surface area contributed by atoms with Gasteiger partial charge in [0.05, 0.1) is 0 Å². The molecular formula is C12H8BrNaS. The molecule has 2 rings (SSSR count). The summed E-state index contributed by atoms with van der Waals surface area (Å²) in [6.07, 6.45) is 0. The van der Waals surface area contributed by atoms with Gasteiger partial charge in [0.25, 0.3) is 0 Å². The third kappa shape index (κ3) is 3.30. The first kappa shape index (κ1) is 13.2. The molecule has 0 N–H and O–H groups in total. The van der Waals surface area contributed by atoms with E-state index in [0.29, 0.717) is 0 Å². The summed E-state index contributed by atoms with van der Waals surface area (Å²) in [7, 11) is 0. The summed E-state index contributed by atoms with van der Waals surface area (Å²) < 4.78 is 1.06. The van der Waals surface area contributed by atoms with Gasteiger partial charge in [-0.2, -0.15) is 4.90 Å². The van der Waals surface area contributed by atoms with Crippen LogP contribution in [0.2, 0.25) is 0 Å². The molecule has 15 heavy (non-hydrogen) atoms. The normalized spacial score (nSPS) is 9.40. The third-order valence-corrected chi connectivity index (χ3v) is 2.88. The molecule has 0 heterocycles. The van der Waals surface area contributed by atoms with Crippen molar-refractivity contribution in [2.45, 2.75) is 4.90 Å². The fraction of sp³-hybridized carbons (Fsp3) is 0. The van der Waals surface area contributed by atoms with Crippen LogP contribution in [0.25, 0.3) is 11.1 Å². The molecule has 2 aromatic rings. The van der Waals surface area contributed by atoms with Crippen molar-refractivity contribution in [2.75, 3.05) is 0 Å². The predicted molar refractivity (Wildman–Crippen MR) is 65.2 cm³/mol. The molecule has 0 amide bonds. The van der Waals surface area contributed by atoms with E-state index in [9.17, 15) is 0 Å². The Kier molecular flexibility index (Phi) is 5.30. The maximum absolute atomic E-state index is 5.27. The van der Waals surface area contributed by atoms with E-state index in [0.717, 1.165) is 14.9 Å². The number of halogens is 1. The zero-order valence-corrected chi connectivity index (χ0v) is 12.8. The Labute approximate surface area is 126 Å². The van der Waals surface area contributed by atoms with Gasteiger partial charge in [-0.3, -0.25) is 0 Å². The molecule has 0 bridgehead atoms. The Morgan fingerprint density at radius 3 is 2.27 bits per heavy atom. The first-order chi connectivity index (χ1) is 6.77. The van der Waals surface area contributed by atoms with E-state index >= 15 is 0 Å². The van der Waals surface area contributed by atoms with Gasteiger partial charge in [-0.1, -0.05) is 52.3 Å². The van der Waals surface area contributed by atoms with Crippen LogP contribution in [-0.4, -0.2) is 0 Å². The Morgan fingerprint density at radius 1 is 0.933 bits per heavy atom. The summed E-state index contributed by atoms with van der Waals surface area (Å²) in [6, 6.07) is 16.1. The van der Waals surface area contributed by atoms with Crippen molar-refractivity contribution in [3.8, 4) is 11.1 Å². The van der Waals surface area contributed by atoms with E-state index in [1.165, 1.54) is 5.56 Å². The molecule has 0 saturated carbocycles. The van der Waals surface area contributed by atoms with E-state index in [2.05, 4.69) is 34.1 Å². The first-order valence-electron chi connectivity index (χ1n) is 4.29. The Bertz CT molecular complexity index is 443. The molecule has 0 nitrogen and oxygen atoms in total. The van der Waals surface area contributed by atoms with Gasteiger partial charge in [-0.15, -0.1) is 0 Å². The Balaban J connectivity index is 0.00000112. The predicted octanol–water partition coefficient (Wildman–Crippen LogP) is 1.03. The summed E-state index contributed by atoms with van der Waals surface area (Å²) in [5, 5.41) is 0. The smallest absolute Gasteiger partial charge is 0.779 e. The number of benzene rings is 2. The molecule has 0 aliphatic rings. The van der Waals surface area contributed by atoms with E-state index < -0.39 is 0 Å². The van der Waals surface area contributed by atoms with Crippen molar-refractivity contribution in [2.24, 2.45) is 0 Å². The van der Waals surface area contributed by atoms with Gasteiger partial charge >= 0.3 is 29.6 Å². The van der Waals surface area contributed by atoms with Crippen LogP contribution in [0.4, 0.5) is 0 Å². The standard InChI is InChI=1S/C12H9BrS.Na/c13-10-6-7-12(14)11(8-10)9-4-2-1-3-5-9;/h1-8,14H;/q;+1/p-1. The fourth-order valence-electron chi connectivity index (χ4n) is 1.35. The van der Waals surface area contributed by atoms with Crippen molar-refractivity contribution in [3.63, 3.8) is 0 Å². The molecule has 2 aromatic carbocycles. The second-order valence-electron chi connectivity index (χ2n) is 3.01. The SMILES string of the molecule is [Na+].[S-]c1ccc(Br)cc1-c1ccccc1. The molecule has 0 radical (unpaired) electrons. The average molecular weight is 287 g/mol. The van der Waals surface area contributed by atoms with Crippen LogP contribution in [0, 0.1) is 0 Å². The number of rotatable bonds is 1. The Hall–Kier alpha value is 0.140. The molecule has 0 aliphatic carbocycles. The molecule has 0 aromatic heterocycles. The van der Waals surface area contributed by atoms with Crippen LogP contribution < -0.4 is 29.6 Å². The van der Waals surface area contributed by atoms with Crippen molar-refractivity contribution in [1.29, 1.82) is 0 Å². The maximum Gasteiger partial charge on any atom is 1.00 e. The van der Waals surface area contributed by atoms with Crippen LogP contribution in [0.15, 0.2) is 57.9 Å². The summed E-state index contributed by atoms with van der Waals surface area (Å²) >= 11 is 8.72. The van der Waals surface area contributed by atoms with Crippen molar-refractivity contribution in [3.05, 3.63) is 53.0 Å². The van der Waals surface area contributed by atoms with E-state index in [1.807, 2.05) is 30.3 Å². The van der Waals surface area contributed by atoms with Gasteiger partial charge < -0.3 is 12.6 Å². The van der Waals surface area contributed by atoms with Gasteiger partial charge in [-0.05, 0) is 23.3 Å². The molecule has 3 heteroatoms. The van der Waals surface area contributed by atoms with Crippen molar-refractivity contribution in [1.82, 2.24) is 0 Å². The van der Waals surface area contributed by atoms with Crippen LogP contribution in [0.5, 0.6) is 0 Å². The van der Waals surface area contributed by atoms with Crippen LogP contribution in [0.3, 0.4) is 0 Å². The van der Waals surface area contributed by atoms with Crippen LogP contribution in [0.1, 0.15) is 0 Å². The van der Waals surface area contributed by atoms with E-state index in [-0.39, 0.29) is 29.6 Å². The average Bonchev–Trinajstić information content (AvgIpc) is 2.23. The molecule has 0 atom stereocenters. The fourth-order valence-corrected chi connectivity index (χ4v) is 1.95. The molecule has 0 saturated heterocycles. The molecule has 0 fully saturated rings.